The molecule has 0 unspecified atom stereocenters. The number of methoxy groups -OCH3 is 1. The van der Waals surface area contributed by atoms with Gasteiger partial charge in [-0.1, -0.05) is 23.4 Å². The lowest BCUT2D eigenvalue weighted by atomic mass is 10.3. The third-order valence-electron chi connectivity index (χ3n) is 2.81. The third kappa shape index (κ3) is 3.07. The average Bonchev–Trinajstić information content (AvgIpc) is 3.09. The van der Waals surface area contributed by atoms with E-state index >= 15 is 0 Å². The largest absolute Gasteiger partial charge is 0.468 e. The number of fused-ring (bicyclic) bond motifs is 1. The Labute approximate surface area is 134 Å². The maximum absolute atomic E-state index is 11.6. The third-order valence-corrected chi connectivity index (χ3v) is 5.22. The summed E-state index contributed by atoms with van der Waals surface area (Å²) in [6.45, 7) is 0. The highest BCUT2D eigenvalue weighted by Crippen LogP contribution is 2.33. The van der Waals surface area contributed by atoms with E-state index in [1.807, 2.05) is 18.2 Å². The van der Waals surface area contributed by atoms with E-state index in [1.54, 1.807) is 17.4 Å². The van der Waals surface area contributed by atoms with Crippen molar-refractivity contribution in [3.05, 3.63) is 46.9 Å². The molecule has 2 aromatic heterocycles. The monoisotopic (exact) mass is 339 g/mol. The number of carbonyl (C=O) groups is 1. The highest BCUT2D eigenvalue weighted by Gasteiger charge is 2.16. The Morgan fingerprint density at radius 3 is 3.14 bits per heavy atom. The molecule has 3 aromatic rings. The van der Waals surface area contributed by atoms with Crippen molar-refractivity contribution in [3.8, 4) is 0 Å². The number of carbonyl (C=O) groups excluding carboxylic acids is 1. The lowest BCUT2D eigenvalue weighted by molar-refractivity contribution is 0.0598. The molecule has 4 nitrogen and oxygen atoms in total. The number of hydrogen-bond acceptors (Lipinski definition) is 6. The van der Waals surface area contributed by atoms with Crippen LogP contribution in [0.3, 0.4) is 0 Å². The summed E-state index contributed by atoms with van der Waals surface area (Å²) in [7, 11) is 1.35. The molecule has 0 spiro atoms. The second-order valence-electron chi connectivity index (χ2n) is 4.13. The van der Waals surface area contributed by atoms with Crippen LogP contribution in [0.2, 0.25) is 5.02 Å². The van der Waals surface area contributed by atoms with Gasteiger partial charge in [-0.05, 0) is 24.3 Å². The molecular weight excluding hydrogens is 330 g/mol. The molecular formula is C14H10ClNO3S2. The van der Waals surface area contributed by atoms with Crippen molar-refractivity contribution in [1.29, 1.82) is 0 Å². The Morgan fingerprint density at radius 2 is 2.33 bits per heavy atom. The summed E-state index contributed by atoms with van der Waals surface area (Å²) in [6.07, 6.45) is 1.49. The van der Waals surface area contributed by atoms with E-state index in [4.69, 9.17) is 20.8 Å². The van der Waals surface area contributed by atoms with E-state index in [2.05, 4.69) is 4.98 Å². The van der Waals surface area contributed by atoms with E-state index in [1.165, 1.54) is 25.1 Å². The topological polar surface area (TPSA) is 52.3 Å². The molecule has 108 valence electrons. The molecule has 0 saturated carbocycles. The number of thiazole rings is 1. The first-order valence-corrected chi connectivity index (χ1v) is 8.19. The summed E-state index contributed by atoms with van der Waals surface area (Å²) in [4.78, 5) is 16.1. The van der Waals surface area contributed by atoms with Crippen LogP contribution in [0.4, 0.5) is 0 Å². The SMILES string of the molecule is COC(=O)c1ccoc1CSc1nc2cc(Cl)ccc2s1. The average molecular weight is 340 g/mol. The number of benzene rings is 1. The number of ether oxygens (including phenoxy) is 1. The highest BCUT2D eigenvalue weighted by molar-refractivity contribution is 8.00. The van der Waals surface area contributed by atoms with Crippen LogP contribution in [0, 0.1) is 0 Å². The van der Waals surface area contributed by atoms with Gasteiger partial charge in [-0.2, -0.15) is 0 Å². The maximum atomic E-state index is 11.6. The van der Waals surface area contributed by atoms with Gasteiger partial charge in [0.25, 0.3) is 0 Å². The van der Waals surface area contributed by atoms with Crippen molar-refractivity contribution >= 4 is 50.9 Å². The van der Waals surface area contributed by atoms with Crippen molar-refractivity contribution in [2.75, 3.05) is 7.11 Å². The Morgan fingerprint density at radius 1 is 1.48 bits per heavy atom. The fourth-order valence-electron chi connectivity index (χ4n) is 1.81. The molecule has 0 N–H and O–H groups in total. The first kappa shape index (κ1) is 14.4. The standard InChI is InChI=1S/C14H10ClNO3S2/c1-18-13(17)9-4-5-19-11(9)7-20-14-16-10-6-8(15)2-3-12(10)21-14/h2-6H,7H2,1H3. The van der Waals surface area contributed by atoms with E-state index in [9.17, 15) is 4.79 Å². The summed E-state index contributed by atoms with van der Waals surface area (Å²) in [6, 6.07) is 7.24. The lowest BCUT2D eigenvalue weighted by Crippen LogP contribution is -2.02. The molecule has 0 aliphatic carbocycles. The molecule has 3 rings (SSSR count). The van der Waals surface area contributed by atoms with Crippen LogP contribution in [0.5, 0.6) is 0 Å². The molecule has 1 aromatic carbocycles. The van der Waals surface area contributed by atoms with Gasteiger partial charge < -0.3 is 9.15 Å². The molecule has 21 heavy (non-hydrogen) atoms. The summed E-state index contributed by atoms with van der Waals surface area (Å²) < 4.78 is 12.0. The minimum absolute atomic E-state index is 0.393. The zero-order valence-electron chi connectivity index (χ0n) is 11.0. The van der Waals surface area contributed by atoms with E-state index in [0.717, 1.165) is 14.6 Å². The van der Waals surface area contributed by atoms with Crippen molar-refractivity contribution in [3.63, 3.8) is 0 Å². The summed E-state index contributed by atoms with van der Waals surface area (Å²) >= 11 is 9.05. The Hall–Kier alpha value is -1.50. The molecule has 0 atom stereocenters. The van der Waals surface area contributed by atoms with Gasteiger partial charge in [0.2, 0.25) is 0 Å². The van der Waals surface area contributed by atoms with Gasteiger partial charge in [0.05, 0.1) is 29.3 Å². The zero-order chi connectivity index (χ0) is 14.8. The van der Waals surface area contributed by atoms with Gasteiger partial charge in [0.1, 0.15) is 11.3 Å². The van der Waals surface area contributed by atoms with Crippen molar-refractivity contribution in [1.82, 2.24) is 4.98 Å². The molecule has 2 heterocycles. The number of esters is 1. The summed E-state index contributed by atoms with van der Waals surface area (Å²) in [5.41, 5.74) is 1.33. The Balaban J connectivity index is 1.77. The zero-order valence-corrected chi connectivity index (χ0v) is 13.3. The van der Waals surface area contributed by atoms with E-state index in [-0.39, 0.29) is 0 Å². The van der Waals surface area contributed by atoms with Gasteiger partial charge in [-0.15, -0.1) is 11.3 Å². The van der Waals surface area contributed by atoms with Crippen molar-refractivity contribution in [2.45, 2.75) is 10.1 Å². The number of rotatable bonds is 4. The molecule has 0 amide bonds. The minimum Gasteiger partial charge on any atom is -0.468 e. The quantitative estimate of drug-likeness (QED) is 0.512. The molecule has 0 fully saturated rings. The first-order valence-electron chi connectivity index (χ1n) is 6.01. The van der Waals surface area contributed by atoms with Crippen LogP contribution in [0.1, 0.15) is 16.1 Å². The van der Waals surface area contributed by atoms with Crippen LogP contribution >= 0.6 is 34.7 Å². The van der Waals surface area contributed by atoms with E-state index in [0.29, 0.717) is 22.1 Å². The molecule has 0 bridgehead atoms. The molecule has 0 aliphatic rings. The van der Waals surface area contributed by atoms with Crippen LogP contribution in [0.25, 0.3) is 10.2 Å². The fraction of sp³-hybridized carbons (Fsp3) is 0.143. The van der Waals surface area contributed by atoms with Gasteiger partial charge in [0, 0.05) is 5.02 Å². The normalized spacial score (nSPS) is 11.0. The Bertz CT molecular complexity index is 796. The van der Waals surface area contributed by atoms with Gasteiger partial charge in [-0.25, -0.2) is 9.78 Å². The van der Waals surface area contributed by atoms with Crippen LogP contribution in [-0.2, 0) is 10.5 Å². The molecule has 0 radical (unpaired) electrons. The maximum Gasteiger partial charge on any atom is 0.341 e. The Kier molecular flexibility index (Phi) is 4.19. The predicted molar refractivity (Wildman–Crippen MR) is 84.2 cm³/mol. The number of furan rings is 1. The number of hydrogen-bond donors (Lipinski definition) is 0. The molecule has 0 saturated heterocycles. The number of aromatic nitrogens is 1. The van der Waals surface area contributed by atoms with E-state index < -0.39 is 5.97 Å². The van der Waals surface area contributed by atoms with Crippen molar-refractivity contribution < 1.29 is 13.9 Å². The van der Waals surface area contributed by atoms with Gasteiger partial charge in [0.15, 0.2) is 4.34 Å². The van der Waals surface area contributed by atoms with Crippen LogP contribution in [-0.4, -0.2) is 18.1 Å². The smallest absolute Gasteiger partial charge is 0.341 e. The minimum atomic E-state index is -0.393. The van der Waals surface area contributed by atoms with Crippen LogP contribution in [0.15, 0.2) is 39.3 Å². The number of halogens is 1. The predicted octanol–water partition coefficient (Wildman–Crippen LogP) is 4.62. The molecule has 7 heteroatoms. The lowest BCUT2D eigenvalue weighted by Gasteiger charge is -1.99. The summed E-state index contributed by atoms with van der Waals surface area (Å²) in [5, 5.41) is 0.670. The number of thioether (sulfide) groups is 1. The number of nitrogens with zero attached hydrogens (tertiary/aromatic N) is 1. The van der Waals surface area contributed by atoms with Gasteiger partial charge in [-0.3, -0.25) is 0 Å². The molecule has 0 aliphatic heterocycles. The fourth-order valence-corrected chi connectivity index (χ4v) is 3.98. The second-order valence-corrected chi connectivity index (χ2v) is 6.82. The van der Waals surface area contributed by atoms with Crippen molar-refractivity contribution in [2.24, 2.45) is 0 Å². The first-order chi connectivity index (χ1) is 10.2. The summed E-state index contributed by atoms with van der Waals surface area (Å²) in [5.74, 6) is 0.713. The highest BCUT2D eigenvalue weighted by atomic mass is 35.5. The second kappa shape index (κ2) is 6.09. The van der Waals surface area contributed by atoms with Crippen LogP contribution < -0.4 is 0 Å². The van der Waals surface area contributed by atoms with Gasteiger partial charge >= 0.3 is 5.97 Å².